The summed E-state index contributed by atoms with van der Waals surface area (Å²) >= 11 is 0. The minimum absolute atomic E-state index is 0.339. The average molecular weight is 207 g/mol. The molecular weight excluding hydrogens is 198 g/mol. The zero-order valence-electron chi connectivity index (χ0n) is 7.74. The van der Waals surface area contributed by atoms with Crippen molar-refractivity contribution in [3.8, 4) is 0 Å². The van der Waals surface area contributed by atoms with Gasteiger partial charge in [0.05, 0.1) is 18.7 Å². The van der Waals surface area contributed by atoms with Gasteiger partial charge >= 0.3 is 5.97 Å². The number of aliphatic hydroxyl groups is 1. The van der Waals surface area contributed by atoms with Crippen molar-refractivity contribution in [3.05, 3.63) is 30.2 Å². The Morgan fingerprint density at radius 3 is 3.13 bits per heavy atom. The fourth-order valence-corrected chi connectivity index (χ4v) is 1.28. The Morgan fingerprint density at radius 1 is 1.60 bits per heavy atom. The van der Waals surface area contributed by atoms with E-state index in [1.54, 1.807) is 18.5 Å². The average Bonchev–Trinajstić information content (AvgIpc) is 2.62. The van der Waals surface area contributed by atoms with Crippen LogP contribution in [0, 0.1) is 0 Å². The molecule has 2 rings (SSSR count). The molecule has 0 saturated carbocycles. The molecule has 2 aromatic rings. The van der Waals surface area contributed by atoms with Crippen LogP contribution in [-0.2, 0) is 4.79 Å². The quantitative estimate of drug-likeness (QED) is 0.752. The maximum Gasteiger partial charge on any atom is 0.306 e. The number of carboxylic acid groups (broad SMARTS) is 1. The second kappa shape index (κ2) is 3.66. The van der Waals surface area contributed by atoms with E-state index in [-0.39, 0.29) is 6.42 Å². The molecular formula is C9H9N3O3. The summed E-state index contributed by atoms with van der Waals surface area (Å²) in [4.78, 5) is 14.4. The van der Waals surface area contributed by atoms with Gasteiger partial charge in [0.15, 0.2) is 5.65 Å². The molecule has 0 radical (unpaired) electrons. The Kier molecular flexibility index (Phi) is 2.34. The van der Waals surface area contributed by atoms with Crippen LogP contribution in [-0.4, -0.2) is 30.8 Å². The third-order valence-corrected chi connectivity index (χ3v) is 2.02. The Balaban J connectivity index is 2.30. The largest absolute Gasteiger partial charge is 0.481 e. The van der Waals surface area contributed by atoms with E-state index in [0.717, 1.165) is 0 Å². The minimum atomic E-state index is -1.05. The summed E-state index contributed by atoms with van der Waals surface area (Å²) in [6.07, 6.45) is 3.20. The molecule has 0 unspecified atom stereocenters. The van der Waals surface area contributed by atoms with Crippen LogP contribution in [0.15, 0.2) is 24.7 Å². The number of aliphatic hydroxyl groups excluding tert-OH is 1. The fraction of sp³-hybridized carbons (Fsp3) is 0.222. The summed E-state index contributed by atoms with van der Waals surface area (Å²) in [6.45, 7) is 0. The van der Waals surface area contributed by atoms with Crippen molar-refractivity contribution in [2.24, 2.45) is 0 Å². The molecule has 0 spiro atoms. The van der Waals surface area contributed by atoms with Crippen LogP contribution in [0.3, 0.4) is 0 Å². The lowest BCUT2D eigenvalue weighted by Crippen LogP contribution is -2.07. The van der Waals surface area contributed by atoms with Gasteiger partial charge in [-0.2, -0.15) is 5.10 Å². The summed E-state index contributed by atoms with van der Waals surface area (Å²) < 4.78 is 1.49. The molecule has 0 aliphatic carbocycles. The molecule has 6 heteroatoms. The molecule has 0 aliphatic heterocycles. The van der Waals surface area contributed by atoms with E-state index in [4.69, 9.17) is 5.11 Å². The van der Waals surface area contributed by atoms with E-state index in [1.165, 1.54) is 10.7 Å². The second-order valence-electron chi connectivity index (χ2n) is 3.13. The van der Waals surface area contributed by atoms with E-state index in [1.807, 2.05) is 0 Å². The van der Waals surface area contributed by atoms with Crippen molar-refractivity contribution in [1.82, 2.24) is 14.6 Å². The maximum absolute atomic E-state index is 10.4. The molecule has 2 heterocycles. The predicted octanol–water partition coefficient (Wildman–Crippen LogP) is 0.237. The second-order valence-corrected chi connectivity index (χ2v) is 3.13. The molecule has 6 nitrogen and oxygen atoms in total. The van der Waals surface area contributed by atoms with Gasteiger partial charge in [-0.05, 0) is 0 Å². The highest BCUT2D eigenvalue weighted by molar-refractivity contribution is 5.67. The first-order chi connectivity index (χ1) is 7.16. The van der Waals surface area contributed by atoms with Gasteiger partial charge < -0.3 is 10.2 Å². The molecule has 0 saturated heterocycles. The van der Waals surface area contributed by atoms with Gasteiger partial charge in [0.2, 0.25) is 0 Å². The summed E-state index contributed by atoms with van der Waals surface area (Å²) in [5.41, 5.74) is 1.09. The van der Waals surface area contributed by atoms with Crippen molar-refractivity contribution in [3.63, 3.8) is 0 Å². The smallest absolute Gasteiger partial charge is 0.306 e. The van der Waals surface area contributed by atoms with Crippen LogP contribution in [0.25, 0.3) is 5.65 Å². The highest BCUT2D eigenvalue weighted by atomic mass is 16.4. The number of hydrogen-bond acceptors (Lipinski definition) is 4. The Labute approximate surface area is 84.8 Å². The first-order valence-electron chi connectivity index (χ1n) is 4.36. The predicted molar refractivity (Wildman–Crippen MR) is 50.2 cm³/mol. The molecule has 15 heavy (non-hydrogen) atoms. The van der Waals surface area contributed by atoms with Gasteiger partial charge in [0.1, 0.15) is 0 Å². The van der Waals surface area contributed by atoms with Crippen molar-refractivity contribution < 1.29 is 15.0 Å². The highest BCUT2D eigenvalue weighted by Crippen LogP contribution is 2.15. The summed E-state index contributed by atoms with van der Waals surface area (Å²) in [7, 11) is 0. The molecule has 0 bridgehead atoms. The van der Waals surface area contributed by atoms with E-state index in [0.29, 0.717) is 11.2 Å². The SMILES string of the molecule is O=C(O)C[C@@H](O)c1cnc2ccnn2c1. The van der Waals surface area contributed by atoms with Crippen LogP contribution in [0.1, 0.15) is 18.1 Å². The summed E-state index contributed by atoms with van der Waals surface area (Å²) in [5, 5.41) is 22.0. The van der Waals surface area contributed by atoms with E-state index in [2.05, 4.69) is 10.1 Å². The number of fused-ring (bicyclic) bond motifs is 1. The monoisotopic (exact) mass is 207 g/mol. The summed E-state index contributed by atoms with van der Waals surface area (Å²) in [6, 6.07) is 1.72. The van der Waals surface area contributed by atoms with Crippen LogP contribution in [0.5, 0.6) is 0 Å². The number of nitrogens with zero attached hydrogens (tertiary/aromatic N) is 3. The molecule has 2 aromatic heterocycles. The van der Waals surface area contributed by atoms with Crippen molar-refractivity contribution in [2.75, 3.05) is 0 Å². The number of aromatic nitrogens is 3. The third kappa shape index (κ3) is 1.94. The van der Waals surface area contributed by atoms with Crippen molar-refractivity contribution >= 4 is 11.6 Å². The zero-order chi connectivity index (χ0) is 10.8. The van der Waals surface area contributed by atoms with Crippen LogP contribution < -0.4 is 0 Å². The molecule has 0 aromatic carbocycles. The number of rotatable bonds is 3. The van der Waals surface area contributed by atoms with E-state index < -0.39 is 12.1 Å². The van der Waals surface area contributed by atoms with Gasteiger partial charge in [-0.1, -0.05) is 0 Å². The lowest BCUT2D eigenvalue weighted by molar-refractivity contribution is -0.139. The number of hydrogen-bond donors (Lipinski definition) is 2. The van der Waals surface area contributed by atoms with Gasteiger partial charge in [0.25, 0.3) is 0 Å². The van der Waals surface area contributed by atoms with Gasteiger partial charge in [-0.15, -0.1) is 0 Å². The van der Waals surface area contributed by atoms with Gasteiger partial charge in [-0.3, -0.25) is 4.79 Å². The standard InChI is InChI=1S/C9H9N3O3/c13-7(3-9(14)15)6-4-10-8-1-2-11-12(8)5-6/h1-2,4-5,7,13H,3H2,(H,14,15)/t7-/m1/s1. The molecule has 2 N–H and O–H groups in total. The summed E-state index contributed by atoms with van der Waals surface area (Å²) in [5.74, 6) is -1.05. The molecule has 78 valence electrons. The minimum Gasteiger partial charge on any atom is -0.481 e. The normalized spacial score (nSPS) is 12.9. The lowest BCUT2D eigenvalue weighted by atomic mass is 10.1. The first kappa shape index (κ1) is 9.60. The molecule has 0 aliphatic rings. The highest BCUT2D eigenvalue weighted by Gasteiger charge is 2.13. The van der Waals surface area contributed by atoms with Crippen LogP contribution in [0.2, 0.25) is 0 Å². The van der Waals surface area contributed by atoms with Crippen molar-refractivity contribution in [2.45, 2.75) is 12.5 Å². The zero-order valence-corrected chi connectivity index (χ0v) is 7.74. The molecule has 1 atom stereocenters. The Morgan fingerprint density at radius 2 is 2.40 bits per heavy atom. The Hall–Kier alpha value is -1.95. The van der Waals surface area contributed by atoms with Crippen molar-refractivity contribution in [1.29, 1.82) is 0 Å². The third-order valence-electron chi connectivity index (χ3n) is 2.02. The lowest BCUT2D eigenvalue weighted by Gasteiger charge is -2.07. The van der Waals surface area contributed by atoms with E-state index >= 15 is 0 Å². The topological polar surface area (TPSA) is 87.7 Å². The fourth-order valence-electron chi connectivity index (χ4n) is 1.28. The maximum atomic E-state index is 10.4. The molecule has 0 fully saturated rings. The van der Waals surface area contributed by atoms with Gasteiger partial charge in [0, 0.05) is 24.0 Å². The molecule has 0 amide bonds. The number of carboxylic acids is 1. The van der Waals surface area contributed by atoms with E-state index in [9.17, 15) is 9.90 Å². The first-order valence-corrected chi connectivity index (χ1v) is 4.36. The number of carbonyl (C=O) groups is 1. The van der Waals surface area contributed by atoms with Gasteiger partial charge in [-0.25, -0.2) is 9.50 Å². The Bertz CT molecular complexity index is 494. The van der Waals surface area contributed by atoms with Crippen LogP contribution >= 0.6 is 0 Å². The number of aliphatic carboxylic acids is 1. The van der Waals surface area contributed by atoms with Crippen LogP contribution in [0.4, 0.5) is 0 Å².